The largest absolute Gasteiger partial charge is 0.496 e. The summed E-state index contributed by atoms with van der Waals surface area (Å²) in [6.45, 7) is 1.63. The van der Waals surface area contributed by atoms with Crippen LogP contribution in [0, 0.1) is 0 Å². The predicted octanol–water partition coefficient (Wildman–Crippen LogP) is 2.33. The van der Waals surface area contributed by atoms with Crippen molar-refractivity contribution in [2.45, 2.75) is 26.0 Å². The van der Waals surface area contributed by atoms with Gasteiger partial charge in [-0.2, -0.15) is 0 Å². The Hall–Kier alpha value is -2.86. The van der Waals surface area contributed by atoms with Crippen LogP contribution in [0.25, 0.3) is 0 Å². The molecule has 6 nitrogen and oxygen atoms in total. The van der Waals surface area contributed by atoms with Crippen LogP contribution < -0.4 is 10.1 Å². The van der Waals surface area contributed by atoms with Crippen molar-refractivity contribution in [1.29, 1.82) is 0 Å². The van der Waals surface area contributed by atoms with Gasteiger partial charge in [-0.25, -0.2) is 4.79 Å². The fourth-order valence-electron chi connectivity index (χ4n) is 2.99. The molecular formula is C20H21NO5. The number of carboxylic acid groups (broad SMARTS) is 1. The highest BCUT2D eigenvalue weighted by Crippen LogP contribution is 2.21. The summed E-state index contributed by atoms with van der Waals surface area (Å²) in [4.78, 5) is 23.3. The van der Waals surface area contributed by atoms with E-state index in [0.717, 1.165) is 24.2 Å². The minimum absolute atomic E-state index is 0.0960. The number of hydrogen-bond donors (Lipinski definition) is 2. The Balaban J connectivity index is 1.61. The SMILES string of the molecule is COc1cc(C(=O)O)ccc1CNC(=O)Cc1ccc2c(c1)CCOC2. The molecule has 0 radical (unpaired) electrons. The van der Waals surface area contributed by atoms with Gasteiger partial charge in [0.1, 0.15) is 5.75 Å². The van der Waals surface area contributed by atoms with E-state index in [4.69, 9.17) is 14.6 Å². The maximum atomic E-state index is 12.3. The van der Waals surface area contributed by atoms with Crippen molar-refractivity contribution in [2.75, 3.05) is 13.7 Å². The molecule has 0 saturated carbocycles. The number of benzene rings is 2. The van der Waals surface area contributed by atoms with E-state index in [0.29, 0.717) is 18.8 Å². The van der Waals surface area contributed by atoms with Crippen LogP contribution in [0.4, 0.5) is 0 Å². The monoisotopic (exact) mass is 355 g/mol. The van der Waals surface area contributed by atoms with Gasteiger partial charge in [0.2, 0.25) is 5.91 Å². The van der Waals surface area contributed by atoms with Crippen LogP contribution in [0.2, 0.25) is 0 Å². The summed E-state index contributed by atoms with van der Waals surface area (Å²) in [5, 5.41) is 11.9. The molecule has 2 N–H and O–H groups in total. The number of carbonyl (C=O) groups is 2. The Morgan fingerprint density at radius 1 is 1.19 bits per heavy atom. The predicted molar refractivity (Wildman–Crippen MR) is 95.3 cm³/mol. The average molecular weight is 355 g/mol. The van der Waals surface area contributed by atoms with E-state index < -0.39 is 5.97 Å². The molecule has 0 spiro atoms. The first kappa shape index (κ1) is 17.9. The fourth-order valence-corrected chi connectivity index (χ4v) is 2.99. The van der Waals surface area contributed by atoms with Gasteiger partial charge in [0.15, 0.2) is 0 Å². The number of nitrogens with one attached hydrogen (secondary N) is 1. The molecule has 0 unspecified atom stereocenters. The summed E-state index contributed by atoms with van der Waals surface area (Å²) in [7, 11) is 1.48. The number of carboxylic acids is 1. The summed E-state index contributed by atoms with van der Waals surface area (Å²) in [5.74, 6) is -0.669. The van der Waals surface area contributed by atoms with Gasteiger partial charge in [-0.3, -0.25) is 4.79 Å². The van der Waals surface area contributed by atoms with Crippen molar-refractivity contribution in [3.63, 3.8) is 0 Å². The van der Waals surface area contributed by atoms with Crippen LogP contribution >= 0.6 is 0 Å². The van der Waals surface area contributed by atoms with E-state index in [1.807, 2.05) is 12.1 Å². The molecule has 1 amide bonds. The zero-order valence-electron chi connectivity index (χ0n) is 14.6. The second kappa shape index (κ2) is 8.01. The van der Waals surface area contributed by atoms with Crippen molar-refractivity contribution in [3.8, 4) is 5.75 Å². The lowest BCUT2D eigenvalue weighted by Gasteiger charge is -2.17. The van der Waals surface area contributed by atoms with Gasteiger partial charge >= 0.3 is 5.97 Å². The maximum Gasteiger partial charge on any atom is 0.335 e. The number of rotatable bonds is 6. The van der Waals surface area contributed by atoms with Gasteiger partial charge in [-0.1, -0.05) is 24.3 Å². The second-order valence-electron chi connectivity index (χ2n) is 6.19. The summed E-state index contributed by atoms with van der Waals surface area (Å²) in [5.41, 5.74) is 4.27. The number of hydrogen-bond acceptors (Lipinski definition) is 4. The van der Waals surface area contributed by atoms with Gasteiger partial charge in [0, 0.05) is 12.1 Å². The van der Waals surface area contributed by atoms with Crippen molar-refractivity contribution < 1.29 is 24.2 Å². The average Bonchev–Trinajstić information content (AvgIpc) is 2.66. The van der Waals surface area contributed by atoms with E-state index in [9.17, 15) is 9.59 Å². The molecule has 0 atom stereocenters. The molecular weight excluding hydrogens is 334 g/mol. The number of methoxy groups -OCH3 is 1. The van der Waals surface area contributed by atoms with E-state index in [2.05, 4.69) is 11.4 Å². The maximum absolute atomic E-state index is 12.3. The zero-order valence-corrected chi connectivity index (χ0v) is 14.6. The number of ether oxygens (including phenoxy) is 2. The van der Waals surface area contributed by atoms with Crippen LogP contribution in [0.3, 0.4) is 0 Å². The molecule has 2 aromatic carbocycles. The number of amides is 1. The van der Waals surface area contributed by atoms with Gasteiger partial charge in [-0.15, -0.1) is 0 Å². The highest BCUT2D eigenvalue weighted by molar-refractivity contribution is 5.88. The van der Waals surface area contributed by atoms with Crippen molar-refractivity contribution in [1.82, 2.24) is 5.32 Å². The third-order valence-corrected chi connectivity index (χ3v) is 4.42. The van der Waals surface area contributed by atoms with E-state index in [1.165, 1.54) is 30.4 Å². The van der Waals surface area contributed by atoms with Gasteiger partial charge in [0.05, 0.1) is 32.3 Å². The topological polar surface area (TPSA) is 84.9 Å². The molecule has 1 aliphatic rings. The first-order valence-corrected chi connectivity index (χ1v) is 8.42. The lowest BCUT2D eigenvalue weighted by atomic mass is 9.99. The van der Waals surface area contributed by atoms with E-state index in [1.54, 1.807) is 6.07 Å². The van der Waals surface area contributed by atoms with Crippen LogP contribution in [0.15, 0.2) is 36.4 Å². The molecule has 0 bridgehead atoms. The molecule has 26 heavy (non-hydrogen) atoms. The molecule has 0 saturated heterocycles. The molecule has 6 heteroatoms. The van der Waals surface area contributed by atoms with Crippen molar-refractivity contribution >= 4 is 11.9 Å². The quantitative estimate of drug-likeness (QED) is 0.831. The molecule has 1 heterocycles. The Bertz CT molecular complexity index is 831. The molecule has 3 rings (SSSR count). The van der Waals surface area contributed by atoms with Crippen LogP contribution in [-0.4, -0.2) is 30.7 Å². The summed E-state index contributed by atoms with van der Waals surface area (Å²) in [6, 6.07) is 10.6. The summed E-state index contributed by atoms with van der Waals surface area (Å²) in [6.07, 6.45) is 1.17. The van der Waals surface area contributed by atoms with E-state index in [-0.39, 0.29) is 18.0 Å². The van der Waals surface area contributed by atoms with Gasteiger partial charge in [-0.05, 0) is 35.2 Å². The minimum Gasteiger partial charge on any atom is -0.496 e. The number of fused-ring (bicyclic) bond motifs is 1. The standard InChI is InChI=1S/C20H21NO5/c1-25-18-10-15(20(23)24)4-5-16(18)11-21-19(22)9-13-2-3-17-12-26-7-6-14(17)8-13/h2-5,8,10H,6-7,9,11-12H2,1H3,(H,21,22)(H,23,24). The lowest BCUT2D eigenvalue weighted by Crippen LogP contribution is -2.25. The molecule has 0 fully saturated rings. The van der Waals surface area contributed by atoms with Crippen LogP contribution in [0.1, 0.15) is 32.6 Å². The molecule has 2 aromatic rings. The third kappa shape index (κ3) is 4.21. The molecule has 0 aliphatic carbocycles. The first-order chi connectivity index (χ1) is 12.6. The van der Waals surface area contributed by atoms with Crippen LogP contribution in [-0.2, 0) is 35.5 Å². The fraction of sp³-hybridized carbons (Fsp3) is 0.300. The summed E-state index contributed by atoms with van der Waals surface area (Å²) < 4.78 is 10.6. The zero-order chi connectivity index (χ0) is 18.5. The number of aromatic carboxylic acids is 1. The highest BCUT2D eigenvalue weighted by atomic mass is 16.5. The minimum atomic E-state index is -1.02. The van der Waals surface area contributed by atoms with Crippen molar-refractivity contribution in [2.24, 2.45) is 0 Å². The van der Waals surface area contributed by atoms with Gasteiger partial charge < -0.3 is 19.9 Å². The van der Waals surface area contributed by atoms with Crippen LogP contribution in [0.5, 0.6) is 5.75 Å². The van der Waals surface area contributed by atoms with Gasteiger partial charge in [0.25, 0.3) is 0 Å². The van der Waals surface area contributed by atoms with E-state index >= 15 is 0 Å². The third-order valence-electron chi connectivity index (χ3n) is 4.42. The smallest absolute Gasteiger partial charge is 0.335 e. The summed E-state index contributed by atoms with van der Waals surface area (Å²) >= 11 is 0. The second-order valence-corrected chi connectivity index (χ2v) is 6.19. The Labute approximate surface area is 151 Å². The normalized spacial score (nSPS) is 13.0. The number of carbonyl (C=O) groups excluding carboxylic acids is 1. The Morgan fingerprint density at radius 3 is 2.81 bits per heavy atom. The lowest BCUT2D eigenvalue weighted by molar-refractivity contribution is -0.120. The molecule has 136 valence electrons. The Kier molecular flexibility index (Phi) is 5.53. The van der Waals surface area contributed by atoms with Crippen molar-refractivity contribution in [3.05, 3.63) is 64.2 Å². The first-order valence-electron chi connectivity index (χ1n) is 8.42. The molecule has 0 aromatic heterocycles. The Morgan fingerprint density at radius 2 is 2.04 bits per heavy atom. The highest BCUT2D eigenvalue weighted by Gasteiger charge is 2.13. The molecule has 1 aliphatic heterocycles.